The van der Waals surface area contributed by atoms with E-state index >= 15 is 0 Å². The molecule has 3 aliphatic carbocycles. The number of benzene rings is 3. The van der Waals surface area contributed by atoms with Crippen LogP contribution in [0.2, 0.25) is 0 Å². The molecule has 3 aliphatic rings. The van der Waals surface area contributed by atoms with Gasteiger partial charge in [-0.25, -0.2) is 0 Å². The van der Waals surface area contributed by atoms with E-state index in [0.717, 1.165) is 45.2 Å². The Bertz CT molecular complexity index is 1470. The molecule has 0 spiro atoms. The van der Waals surface area contributed by atoms with Gasteiger partial charge in [-0.2, -0.15) is 0 Å². The maximum absolute atomic E-state index is 3.54. The molecular formula is C35H38Br3IN2. The van der Waals surface area contributed by atoms with Gasteiger partial charge in [0.15, 0.2) is 0 Å². The number of allylic oxidation sites excluding steroid dienone is 3. The molecule has 0 amide bonds. The zero-order valence-electron chi connectivity index (χ0n) is 24.3. The van der Waals surface area contributed by atoms with Crippen molar-refractivity contribution in [3.63, 3.8) is 0 Å². The second-order valence-electron chi connectivity index (χ2n) is 11.2. The number of rotatable bonds is 6. The molecule has 0 aromatic heterocycles. The molecule has 3 aromatic rings. The molecule has 0 N–H and O–H groups in total. The summed E-state index contributed by atoms with van der Waals surface area (Å²) in [7, 11) is 8.51. The van der Waals surface area contributed by atoms with Crippen molar-refractivity contribution in [2.45, 2.75) is 32.1 Å². The summed E-state index contributed by atoms with van der Waals surface area (Å²) in [6, 6.07) is 19.6. The van der Waals surface area contributed by atoms with Gasteiger partial charge in [0.2, 0.25) is 0 Å². The highest BCUT2D eigenvalue weighted by molar-refractivity contribution is 14.1. The van der Waals surface area contributed by atoms with Crippen LogP contribution in [-0.2, 0) is 19.3 Å². The standard InChI is InChI=1S/C13H15BrIN.C13H16BrN.C9H7Br/c1-16(2)6-5-12-11-4-3-10(14)7-9(11)8-13(12)15;1-15(2)8-7-10-3-4-11-9-12(14)5-6-13(10)11;10-9-5-4-7-2-1-3-8(7)6-9/h3-4,7H,5-6,8H2,1-2H3;3,5-6,9H,4,7-8H2,1-2H3;1-2,4-6H,3H2. The quantitative estimate of drug-likeness (QED) is 0.228. The molecule has 0 unspecified atom stereocenters. The topological polar surface area (TPSA) is 6.48 Å². The van der Waals surface area contributed by atoms with Crippen LogP contribution in [0.5, 0.6) is 0 Å². The van der Waals surface area contributed by atoms with Crippen molar-refractivity contribution >= 4 is 87.6 Å². The zero-order chi connectivity index (χ0) is 29.5. The number of nitrogens with zero attached hydrogens (tertiary/aromatic N) is 2. The van der Waals surface area contributed by atoms with E-state index in [4.69, 9.17) is 0 Å². The van der Waals surface area contributed by atoms with Crippen LogP contribution in [0.1, 0.15) is 46.2 Å². The van der Waals surface area contributed by atoms with Crippen LogP contribution in [0.3, 0.4) is 0 Å². The fourth-order valence-electron chi connectivity index (χ4n) is 5.22. The summed E-state index contributed by atoms with van der Waals surface area (Å²) < 4.78 is 5.05. The van der Waals surface area contributed by atoms with Crippen LogP contribution in [0.25, 0.3) is 17.2 Å². The van der Waals surface area contributed by atoms with E-state index in [-0.39, 0.29) is 0 Å². The molecule has 0 atom stereocenters. The van der Waals surface area contributed by atoms with Crippen molar-refractivity contribution in [2.75, 3.05) is 41.3 Å². The van der Waals surface area contributed by atoms with Gasteiger partial charge in [0, 0.05) is 32.9 Å². The van der Waals surface area contributed by atoms with Crippen molar-refractivity contribution in [3.8, 4) is 0 Å². The fourth-order valence-corrected chi connectivity index (χ4v) is 7.42. The molecular weight excluding hydrogens is 815 g/mol. The molecule has 0 heterocycles. The SMILES string of the molecule is Brc1ccc2c(c1)CC=C2.CN(C)CCC1=C(I)Cc2cc(Br)ccc21.CN(C)CCC1=CCc2cc(Br)ccc21. The average Bonchev–Trinajstić information content (AvgIpc) is 3.62. The Hall–Kier alpha value is -1.03. The summed E-state index contributed by atoms with van der Waals surface area (Å²) in [5.41, 5.74) is 11.7. The number of hydrogen-bond acceptors (Lipinski definition) is 2. The van der Waals surface area contributed by atoms with E-state index in [1.807, 2.05) is 0 Å². The molecule has 41 heavy (non-hydrogen) atoms. The van der Waals surface area contributed by atoms with Gasteiger partial charge in [0.1, 0.15) is 0 Å². The number of halogens is 4. The molecule has 2 nitrogen and oxygen atoms in total. The van der Waals surface area contributed by atoms with E-state index in [2.05, 4.69) is 181 Å². The summed E-state index contributed by atoms with van der Waals surface area (Å²) >= 11 is 13.0. The van der Waals surface area contributed by atoms with Crippen LogP contribution in [0.4, 0.5) is 0 Å². The average molecular weight is 853 g/mol. The van der Waals surface area contributed by atoms with Crippen molar-refractivity contribution in [3.05, 3.63) is 117 Å². The Balaban J connectivity index is 0.000000145. The van der Waals surface area contributed by atoms with Gasteiger partial charge in [-0.15, -0.1) is 0 Å². The largest absolute Gasteiger partial charge is 0.309 e. The Morgan fingerprint density at radius 2 is 1.27 bits per heavy atom. The third kappa shape index (κ3) is 9.48. The summed E-state index contributed by atoms with van der Waals surface area (Å²) in [6.07, 6.45) is 12.3. The van der Waals surface area contributed by atoms with E-state index in [9.17, 15) is 0 Å². The summed E-state index contributed by atoms with van der Waals surface area (Å²) in [5.74, 6) is 0. The molecule has 3 aromatic carbocycles. The molecule has 6 heteroatoms. The number of hydrogen-bond donors (Lipinski definition) is 0. The van der Waals surface area contributed by atoms with Crippen LogP contribution in [0.15, 0.2) is 83.7 Å². The smallest absolute Gasteiger partial charge is 0.0178 e. The Morgan fingerprint density at radius 3 is 1.95 bits per heavy atom. The molecule has 0 saturated carbocycles. The van der Waals surface area contributed by atoms with Crippen LogP contribution in [0, 0.1) is 0 Å². The third-order valence-corrected chi connectivity index (χ3v) is 9.94. The van der Waals surface area contributed by atoms with Crippen LogP contribution >= 0.6 is 70.4 Å². The van der Waals surface area contributed by atoms with Gasteiger partial charge in [-0.3, -0.25) is 0 Å². The van der Waals surface area contributed by atoms with Gasteiger partial charge in [0.25, 0.3) is 0 Å². The van der Waals surface area contributed by atoms with Gasteiger partial charge >= 0.3 is 0 Å². The lowest BCUT2D eigenvalue weighted by Crippen LogP contribution is -2.13. The van der Waals surface area contributed by atoms with E-state index in [1.165, 1.54) is 61.5 Å². The highest BCUT2D eigenvalue weighted by Gasteiger charge is 2.19. The summed E-state index contributed by atoms with van der Waals surface area (Å²) in [4.78, 5) is 4.48. The lowest BCUT2D eigenvalue weighted by molar-refractivity contribution is 0.419. The third-order valence-electron chi connectivity index (χ3n) is 7.42. The van der Waals surface area contributed by atoms with Crippen molar-refractivity contribution in [1.29, 1.82) is 0 Å². The molecule has 0 aliphatic heterocycles. The first kappa shape index (κ1) is 32.9. The molecule has 0 saturated heterocycles. The molecule has 0 bridgehead atoms. The van der Waals surface area contributed by atoms with Crippen molar-refractivity contribution in [1.82, 2.24) is 9.80 Å². The van der Waals surface area contributed by atoms with Crippen molar-refractivity contribution in [2.24, 2.45) is 0 Å². The minimum atomic E-state index is 1.09. The Morgan fingerprint density at radius 1 is 0.683 bits per heavy atom. The molecule has 216 valence electrons. The zero-order valence-corrected chi connectivity index (χ0v) is 31.2. The van der Waals surface area contributed by atoms with Gasteiger partial charge < -0.3 is 9.80 Å². The lowest BCUT2D eigenvalue weighted by Gasteiger charge is -2.11. The van der Waals surface area contributed by atoms with Gasteiger partial charge in [-0.05, 0) is 161 Å². The van der Waals surface area contributed by atoms with Crippen LogP contribution < -0.4 is 0 Å². The Kier molecular flexibility index (Phi) is 12.5. The summed E-state index contributed by atoms with van der Waals surface area (Å²) in [6.45, 7) is 2.25. The summed E-state index contributed by atoms with van der Waals surface area (Å²) in [5, 5.41) is 0. The van der Waals surface area contributed by atoms with E-state index in [0.29, 0.717) is 0 Å². The fraction of sp³-hybridized carbons (Fsp3) is 0.314. The lowest BCUT2D eigenvalue weighted by atomic mass is 10.0. The predicted molar refractivity (Wildman–Crippen MR) is 198 cm³/mol. The molecule has 0 radical (unpaired) electrons. The van der Waals surface area contributed by atoms with Crippen molar-refractivity contribution < 1.29 is 0 Å². The monoisotopic (exact) mass is 850 g/mol. The molecule has 6 rings (SSSR count). The first-order valence-electron chi connectivity index (χ1n) is 14.0. The minimum Gasteiger partial charge on any atom is -0.309 e. The van der Waals surface area contributed by atoms with E-state index in [1.54, 1.807) is 0 Å². The maximum atomic E-state index is 3.54. The normalized spacial score (nSPS) is 14.3. The van der Waals surface area contributed by atoms with Gasteiger partial charge in [-0.1, -0.05) is 84.2 Å². The van der Waals surface area contributed by atoms with Crippen LogP contribution in [-0.4, -0.2) is 51.1 Å². The first-order chi connectivity index (χ1) is 19.6. The maximum Gasteiger partial charge on any atom is 0.0178 e. The van der Waals surface area contributed by atoms with E-state index < -0.39 is 0 Å². The number of fused-ring (bicyclic) bond motifs is 3. The first-order valence-corrected chi connectivity index (χ1v) is 17.4. The van der Waals surface area contributed by atoms with Gasteiger partial charge in [0.05, 0.1) is 0 Å². The second-order valence-corrected chi connectivity index (χ2v) is 15.2. The Labute approximate surface area is 285 Å². The highest BCUT2D eigenvalue weighted by Crippen LogP contribution is 2.39. The minimum absolute atomic E-state index is 1.09. The molecule has 0 fully saturated rings. The highest BCUT2D eigenvalue weighted by atomic mass is 127. The second kappa shape index (κ2) is 15.6. The predicted octanol–water partition coefficient (Wildman–Crippen LogP) is 10.5.